The number of aromatic nitrogens is 2. The van der Waals surface area contributed by atoms with Crippen LogP contribution in [-0.2, 0) is 0 Å². The third-order valence-corrected chi connectivity index (χ3v) is 3.77. The number of nitrogens with zero attached hydrogens (tertiary/aromatic N) is 2. The summed E-state index contributed by atoms with van der Waals surface area (Å²) >= 11 is 2.22. The van der Waals surface area contributed by atoms with E-state index in [1.54, 1.807) is 12.5 Å². The lowest BCUT2D eigenvalue weighted by molar-refractivity contribution is 0.104. The first-order chi connectivity index (χ1) is 7.75. The van der Waals surface area contributed by atoms with E-state index >= 15 is 0 Å². The number of hydrogen-bond acceptors (Lipinski definition) is 4. The van der Waals surface area contributed by atoms with E-state index in [-0.39, 0.29) is 6.10 Å². The third-order valence-electron chi connectivity index (χ3n) is 2.98. The molecule has 1 aliphatic rings. The van der Waals surface area contributed by atoms with Crippen LogP contribution in [-0.4, -0.2) is 27.7 Å². The van der Waals surface area contributed by atoms with Gasteiger partial charge in [-0.25, -0.2) is 9.97 Å². The van der Waals surface area contributed by atoms with Crippen molar-refractivity contribution in [2.24, 2.45) is 5.92 Å². The Morgan fingerprint density at radius 1 is 1.50 bits per heavy atom. The number of rotatable bonds is 3. The minimum atomic E-state index is -0.106. The Labute approximate surface area is 109 Å². The number of anilines is 1. The van der Waals surface area contributed by atoms with Gasteiger partial charge < -0.3 is 10.4 Å². The van der Waals surface area contributed by atoms with Crippen molar-refractivity contribution >= 4 is 28.4 Å². The van der Waals surface area contributed by atoms with Gasteiger partial charge >= 0.3 is 0 Å². The fourth-order valence-corrected chi connectivity index (χ4v) is 2.62. The first kappa shape index (κ1) is 12.0. The van der Waals surface area contributed by atoms with Gasteiger partial charge in [0.15, 0.2) is 0 Å². The van der Waals surface area contributed by atoms with E-state index in [4.69, 9.17) is 0 Å². The van der Waals surface area contributed by atoms with Crippen molar-refractivity contribution in [2.75, 3.05) is 11.9 Å². The smallest absolute Gasteiger partial charge is 0.142 e. The van der Waals surface area contributed by atoms with Gasteiger partial charge in [-0.15, -0.1) is 0 Å². The van der Waals surface area contributed by atoms with Gasteiger partial charge in [0.25, 0.3) is 0 Å². The molecule has 0 aliphatic heterocycles. The monoisotopic (exact) mass is 333 g/mol. The molecule has 0 amide bonds. The molecule has 0 spiro atoms. The highest BCUT2D eigenvalue weighted by Crippen LogP contribution is 2.24. The summed E-state index contributed by atoms with van der Waals surface area (Å²) in [7, 11) is 0. The van der Waals surface area contributed by atoms with Crippen molar-refractivity contribution < 1.29 is 5.11 Å². The van der Waals surface area contributed by atoms with Gasteiger partial charge in [0.2, 0.25) is 0 Å². The van der Waals surface area contributed by atoms with Crippen LogP contribution in [0.4, 0.5) is 5.82 Å². The lowest BCUT2D eigenvalue weighted by Crippen LogP contribution is -2.25. The van der Waals surface area contributed by atoms with E-state index in [0.29, 0.717) is 5.92 Å². The highest BCUT2D eigenvalue weighted by molar-refractivity contribution is 14.1. The maximum atomic E-state index is 9.58. The van der Waals surface area contributed by atoms with Crippen LogP contribution < -0.4 is 5.32 Å². The van der Waals surface area contributed by atoms with Gasteiger partial charge in [-0.1, -0.05) is 6.42 Å². The molecule has 0 aromatic carbocycles. The minimum absolute atomic E-state index is 0.106. The van der Waals surface area contributed by atoms with Crippen LogP contribution in [0.15, 0.2) is 12.5 Å². The zero-order valence-corrected chi connectivity index (χ0v) is 11.2. The molecule has 0 radical (unpaired) electrons. The first-order valence-electron chi connectivity index (χ1n) is 5.63. The summed E-state index contributed by atoms with van der Waals surface area (Å²) in [6.45, 7) is 0.893. The molecule has 1 fully saturated rings. The quantitative estimate of drug-likeness (QED) is 0.832. The fraction of sp³-hybridized carbons (Fsp3) is 0.636. The third kappa shape index (κ3) is 3.28. The molecule has 1 aromatic heterocycles. The summed E-state index contributed by atoms with van der Waals surface area (Å²) < 4.78 is 1.04. The molecule has 1 saturated carbocycles. The molecule has 2 atom stereocenters. The zero-order valence-electron chi connectivity index (χ0n) is 9.06. The minimum Gasteiger partial charge on any atom is -0.393 e. The molecule has 0 saturated heterocycles. The average molecular weight is 333 g/mol. The van der Waals surface area contributed by atoms with E-state index in [2.05, 4.69) is 37.9 Å². The summed E-state index contributed by atoms with van der Waals surface area (Å²) in [6.07, 6.45) is 7.45. The summed E-state index contributed by atoms with van der Waals surface area (Å²) in [5.74, 6) is 1.46. The number of aliphatic hydroxyl groups is 1. The molecule has 1 aromatic rings. The Kier molecular flexibility index (Phi) is 4.34. The van der Waals surface area contributed by atoms with Gasteiger partial charge in [-0.2, -0.15) is 0 Å². The Bertz CT molecular complexity index is 348. The summed E-state index contributed by atoms with van der Waals surface area (Å²) in [5, 5.41) is 12.9. The topological polar surface area (TPSA) is 58.0 Å². The summed E-state index contributed by atoms with van der Waals surface area (Å²) in [6, 6.07) is 0. The van der Waals surface area contributed by atoms with Crippen LogP contribution in [0.2, 0.25) is 0 Å². The predicted octanol–water partition coefficient (Wildman–Crippen LogP) is 2.04. The Morgan fingerprint density at radius 3 is 3.12 bits per heavy atom. The summed E-state index contributed by atoms with van der Waals surface area (Å²) in [5.41, 5.74) is 0. The maximum Gasteiger partial charge on any atom is 0.142 e. The number of hydrogen-bond donors (Lipinski definition) is 2. The van der Waals surface area contributed by atoms with Crippen LogP contribution in [0.3, 0.4) is 0 Å². The SMILES string of the molecule is OC1CCCC(CNc2ncncc2I)C1. The highest BCUT2D eigenvalue weighted by atomic mass is 127. The van der Waals surface area contributed by atoms with Crippen LogP contribution in [0.5, 0.6) is 0 Å². The second kappa shape index (κ2) is 5.77. The van der Waals surface area contributed by atoms with Gasteiger partial charge in [-0.05, 0) is 47.8 Å². The Balaban J connectivity index is 1.85. The maximum absolute atomic E-state index is 9.58. The van der Waals surface area contributed by atoms with E-state index in [0.717, 1.165) is 35.2 Å². The van der Waals surface area contributed by atoms with Gasteiger partial charge in [0.05, 0.1) is 9.67 Å². The van der Waals surface area contributed by atoms with Crippen LogP contribution in [0, 0.1) is 9.49 Å². The molecule has 1 heterocycles. The van der Waals surface area contributed by atoms with Gasteiger partial charge in [0, 0.05) is 12.7 Å². The van der Waals surface area contributed by atoms with E-state index in [1.807, 2.05) is 0 Å². The molecule has 5 heteroatoms. The lowest BCUT2D eigenvalue weighted by atomic mass is 9.87. The highest BCUT2D eigenvalue weighted by Gasteiger charge is 2.20. The molecule has 16 heavy (non-hydrogen) atoms. The van der Waals surface area contributed by atoms with Crippen molar-refractivity contribution in [2.45, 2.75) is 31.8 Å². The molecule has 88 valence electrons. The van der Waals surface area contributed by atoms with Gasteiger partial charge in [-0.3, -0.25) is 0 Å². The van der Waals surface area contributed by atoms with E-state index in [1.165, 1.54) is 6.42 Å². The Morgan fingerprint density at radius 2 is 2.38 bits per heavy atom. The van der Waals surface area contributed by atoms with E-state index < -0.39 is 0 Å². The van der Waals surface area contributed by atoms with Crippen molar-refractivity contribution in [3.63, 3.8) is 0 Å². The molecule has 0 bridgehead atoms. The number of halogens is 1. The molecule has 1 aliphatic carbocycles. The largest absolute Gasteiger partial charge is 0.393 e. The van der Waals surface area contributed by atoms with Crippen molar-refractivity contribution in [1.29, 1.82) is 0 Å². The first-order valence-corrected chi connectivity index (χ1v) is 6.71. The fourth-order valence-electron chi connectivity index (χ4n) is 2.13. The molecular formula is C11H16IN3O. The second-order valence-corrected chi connectivity index (χ2v) is 5.45. The lowest BCUT2D eigenvalue weighted by Gasteiger charge is -2.26. The second-order valence-electron chi connectivity index (χ2n) is 4.29. The molecule has 2 unspecified atom stereocenters. The predicted molar refractivity (Wildman–Crippen MR) is 71.2 cm³/mol. The van der Waals surface area contributed by atoms with Crippen molar-refractivity contribution in [3.8, 4) is 0 Å². The zero-order chi connectivity index (χ0) is 11.4. The molecule has 2 N–H and O–H groups in total. The molecule has 4 nitrogen and oxygen atoms in total. The van der Waals surface area contributed by atoms with Crippen LogP contribution in [0.1, 0.15) is 25.7 Å². The molecule has 2 rings (SSSR count). The number of nitrogens with one attached hydrogen (secondary N) is 1. The number of aliphatic hydroxyl groups excluding tert-OH is 1. The van der Waals surface area contributed by atoms with E-state index in [9.17, 15) is 5.11 Å². The standard InChI is InChI=1S/C11H16IN3O/c12-10-6-13-7-15-11(10)14-5-8-2-1-3-9(16)4-8/h6-9,16H,1-5H2,(H,13,14,15). The Hall–Kier alpha value is -0.430. The normalized spacial score (nSPS) is 25.4. The van der Waals surface area contributed by atoms with Crippen LogP contribution in [0.25, 0.3) is 0 Å². The summed E-state index contributed by atoms with van der Waals surface area (Å²) in [4.78, 5) is 8.14. The van der Waals surface area contributed by atoms with Gasteiger partial charge in [0.1, 0.15) is 12.1 Å². The van der Waals surface area contributed by atoms with Crippen molar-refractivity contribution in [3.05, 3.63) is 16.1 Å². The van der Waals surface area contributed by atoms with Crippen molar-refractivity contribution in [1.82, 2.24) is 9.97 Å². The average Bonchev–Trinajstić information content (AvgIpc) is 2.28. The molecular weight excluding hydrogens is 317 g/mol. The van der Waals surface area contributed by atoms with Crippen LogP contribution >= 0.6 is 22.6 Å².